The van der Waals surface area contributed by atoms with Gasteiger partial charge in [-0.25, -0.2) is 4.39 Å². The van der Waals surface area contributed by atoms with Gasteiger partial charge in [0.15, 0.2) is 0 Å². The van der Waals surface area contributed by atoms with E-state index in [1.54, 1.807) is 13.2 Å². The SMILES string of the molecule is COCc1cc2cc(F)ccc2[nH]1. The van der Waals surface area contributed by atoms with Crippen LogP contribution in [0.2, 0.25) is 0 Å². The van der Waals surface area contributed by atoms with Crippen molar-refractivity contribution >= 4 is 10.9 Å². The Morgan fingerprint density at radius 2 is 2.23 bits per heavy atom. The van der Waals surface area contributed by atoms with E-state index in [0.29, 0.717) is 6.61 Å². The Balaban J connectivity index is 2.49. The van der Waals surface area contributed by atoms with Gasteiger partial charge in [0.25, 0.3) is 0 Å². The maximum atomic E-state index is 12.8. The molecule has 13 heavy (non-hydrogen) atoms. The van der Waals surface area contributed by atoms with Crippen molar-refractivity contribution in [2.24, 2.45) is 0 Å². The molecule has 1 N–H and O–H groups in total. The summed E-state index contributed by atoms with van der Waals surface area (Å²) in [5.74, 6) is -0.213. The van der Waals surface area contributed by atoms with Crippen molar-refractivity contribution in [3.8, 4) is 0 Å². The number of methoxy groups -OCH3 is 1. The third kappa shape index (κ3) is 1.55. The van der Waals surface area contributed by atoms with Crippen molar-refractivity contribution in [1.82, 2.24) is 4.98 Å². The molecular formula is C10H10FNO. The number of benzene rings is 1. The van der Waals surface area contributed by atoms with Gasteiger partial charge in [-0.1, -0.05) is 0 Å². The summed E-state index contributed by atoms with van der Waals surface area (Å²) < 4.78 is 17.7. The van der Waals surface area contributed by atoms with Gasteiger partial charge < -0.3 is 9.72 Å². The van der Waals surface area contributed by atoms with Crippen LogP contribution in [0.4, 0.5) is 4.39 Å². The molecule has 0 atom stereocenters. The topological polar surface area (TPSA) is 25.0 Å². The van der Waals surface area contributed by atoms with Crippen LogP contribution in [0.3, 0.4) is 0 Å². The summed E-state index contributed by atoms with van der Waals surface area (Å²) in [5.41, 5.74) is 1.90. The molecule has 0 aliphatic heterocycles. The molecule has 2 rings (SSSR count). The lowest BCUT2D eigenvalue weighted by Crippen LogP contribution is -1.85. The van der Waals surface area contributed by atoms with Crippen LogP contribution >= 0.6 is 0 Å². The number of aromatic amines is 1. The highest BCUT2D eigenvalue weighted by molar-refractivity contribution is 5.80. The van der Waals surface area contributed by atoms with Crippen LogP contribution in [0, 0.1) is 5.82 Å². The zero-order valence-corrected chi connectivity index (χ0v) is 7.30. The average Bonchev–Trinajstić information content (AvgIpc) is 2.46. The highest BCUT2D eigenvalue weighted by atomic mass is 19.1. The Bertz CT molecular complexity index is 422. The van der Waals surface area contributed by atoms with Crippen LogP contribution in [-0.4, -0.2) is 12.1 Å². The molecule has 1 aromatic heterocycles. The molecule has 0 aliphatic carbocycles. The first-order valence-corrected chi connectivity index (χ1v) is 4.05. The molecule has 0 spiro atoms. The summed E-state index contributed by atoms with van der Waals surface area (Å²) in [5, 5.41) is 0.882. The highest BCUT2D eigenvalue weighted by Gasteiger charge is 2.00. The fourth-order valence-electron chi connectivity index (χ4n) is 1.40. The van der Waals surface area contributed by atoms with E-state index in [4.69, 9.17) is 4.74 Å². The molecule has 0 saturated carbocycles. The van der Waals surface area contributed by atoms with E-state index >= 15 is 0 Å². The van der Waals surface area contributed by atoms with Gasteiger partial charge in [0.1, 0.15) is 5.82 Å². The molecule has 0 fully saturated rings. The Labute approximate surface area is 75.3 Å². The maximum Gasteiger partial charge on any atom is 0.123 e. The first kappa shape index (κ1) is 8.26. The van der Waals surface area contributed by atoms with E-state index in [2.05, 4.69) is 4.98 Å². The molecule has 68 valence electrons. The molecule has 0 aliphatic rings. The smallest absolute Gasteiger partial charge is 0.123 e. The first-order valence-electron chi connectivity index (χ1n) is 4.05. The molecule has 0 bridgehead atoms. The minimum absolute atomic E-state index is 0.213. The number of ether oxygens (including phenoxy) is 1. The number of halogens is 1. The van der Waals surface area contributed by atoms with Crippen LogP contribution in [0.5, 0.6) is 0 Å². The van der Waals surface area contributed by atoms with E-state index in [0.717, 1.165) is 16.6 Å². The zero-order valence-electron chi connectivity index (χ0n) is 7.30. The summed E-state index contributed by atoms with van der Waals surface area (Å²) in [4.78, 5) is 3.13. The van der Waals surface area contributed by atoms with Crippen molar-refractivity contribution in [3.63, 3.8) is 0 Å². The summed E-state index contributed by atoms with van der Waals surface area (Å²) >= 11 is 0. The Kier molecular flexibility index (Phi) is 2.02. The third-order valence-electron chi connectivity index (χ3n) is 1.94. The van der Waals surface area contributed by atoms with Gasteiger partial charge in [0.05, 0.1) is 6.61 Å². The van der Waals surface area contributed by atoms with Crippen molar-refractivity contribution in [2.45, 2.75) is 6.61 Å². The molecule has 0 saturated heterocycles. The minimum atomic E-state index is -0.213. The third-order valence-corrected chi connectivity index (χ3v) is 1.94. The van der Waals surface area contributed by atoms with Gasteiger partial charge in [-0.05, 0) is 24.3 Å². The van der Waals surface area contributed by atoms with E-state index in [1.807, 2.05) is 6.07 Å². The quantitative estimate of drug-likeness (QED) is 0.752. The molecule has 0 amide bonds. The lowest BCUT2D eigenvalue weighted by Gasteiger charge is -1.91. The average molecular weight is 179 g/mol. The predicted octanol–water partition coefficient (Wildman–Crippen LogP) is 2.45. The van der Waals surface area contributed by atoms with Crippen molar-refractivity contribution in [3.05, 3.63) is 35.8 Å². The largest absolute Gasteiger partial charge is 0.378 e. The maximum absolute atomic E-state index is 12.8. The zero-order chi connectivity index (χ0) is 9.26. The molecular weight excluding hydrogens is 169 g/mol. The molecule has 1 aromatic carbocycles. The summed E-state index contributed by atoms with van der Waals surface area (Å²) in [6.45, 7) is 0.524. The highest BCUT2D eigenvalue weighted by Crippen LogP contribution is 2.16. The standard InChI is InChI=1S/C10H10FNO/c1-13-6-9-5-7-4-8(11)2-3-10(7)12-9/h2-5,12H,6H2,1H3. The summed E-state index contributed by atoms with van der Waals surface area (Å²) in [6.07, 6.45) is 0. The second-order valence-corrected chi connectivity index (χ2v) is 2.96. The Morgan fingerprint density at radius 1 is 1.38 bits per heavy atom. The second kappa shape index (κ2) is 3.18. The molecule has 2 nitrogen and oxygen atoms in total. The Morgan fingerprint density at radius 3 is 3.00 bits per heavy atom. The van der Waals surface area contributed by atoms with Crippen LogP contribution in [0.1, 0.15) is 5.69 Å². The van der Waals surface area contributed by atoms with Gasteiger partial charge in [0.2, 0.25) is 0 Å². The van der Waals surface area contributed by atoms with E-state index in [1.165, 1.54) is 12.1 Å². The number of aromatic nitrogens is 1. The minimum Gasteiger partial charge on any atom is -0.378 e. The van der Waals surface area contributed by atoms with Gasteiger partial charge in [-0.3, -0.25) is 0 Å². The molecule has 0 unspecified atom stereocenters. The van der Waals surface area contributed by atoms with Crippen molar-refractivity contribution in [1.29, 1.82) is 0 Å². The van der Waals surface area contributed by atoms with Gasteiger partial charge >= 0.3 is 0 Å². The first-order chi connectivity index (χ1) is 6.29. The predicted molar refractivity (Wildman–Crippen MR) is 49.0 cm³/mol. The number of nitrogens with one attached hydrogen (secondary N) is 1. The van der Waals surface area contributed by atoms with E-state index in [-0.39, 0.29) is 5.82 Å². The van der Waals surface area contributed by atoms with Crippen LogP contribution in [0.25, 0.3) is 10.9 Å². The van der Waals surface area contributed by atoms with Crippen LogP contribution in [-0.2, 0) is 11.3 Å². The van der Waals surface area contributed by atoms with Crippen LogP contribution in [0.15, 0.2) is 24.3 Å². The summed E-state index contributed by atoms with van der Waals surface area (Å²) in [6, 6.07) is 6.56. The van der Waals surface area contributed by atoms with E-state index in [9.17, 15) is 4.39 Å². The fourth-order valence-corrected chi connectivity index (χ4v) is 1.40. The molecule has 2 aromatic rings. The van der Waals surface area contributed by atoms with Gasteiger partial charge in [-0.2, -0.15) is 0 Å². The summed E-state index contributed by atoms with van der Waals surface area (Å²) in [7, 11) is 1.63. The molecule has 1 heterocycles. The number of fused-ring (bicyclic) bond motifs is 1. The van der Waals surface area contributed by atoms with Crippen LogP contribution < -0.4 is 0 Å². The Hall–Kier alpha value is -1.35. The van der Waals surface area contributed by atoms with Gasteiger partial charge in [-0.15, -0.1) is 0 Å². The number of H-pyrrole nitrogens is 1. The number of hydrogen-bond donors (Lipinski definition) is 1. The normalized spacial score (nSPS) is 10.9. The van der Waals surface area contributed by atoms with Crippen molar-refractivity contribution < 1.29 is 9.13 Å². The lowest BCUT2D eigenvalue weighted by atomic mass is 10.2. The number of rotatable bonds is 2. The monoisotopic (exact) mass is 179 g/mol. The second-order valence-electron chi connectivity index (χ2n) is 2.96. The van der Waals surface area contributed by atoms with Crippen molar-refractivity contribution in [2.75, 3.05) is 7.11 Å². The van der Waals surface area contributed by atoms with E-state index < -0.39 is 0 Å². The lowest BCUT2D eigenvalue weighted by molar-refractivity contribution is 0.182. The van der Waals surface area contributed by atoms with Gasteiger partial charge in [0, 0.05) is 23.7 Å². The molecule has 3 heteroatoms. The molecule has 0 radical (unpaired) electrons. The fraction of sp³-hybridized carbons (Fsp3) is 0.200. The number of hydrogen-bond acceptors (Lipinski definition) is 1.